The minimum atomic E-state index is 0.449. The molecule has 4 aliphatic carbocycles. The fourth-order valence-electron chi connectivity index (χ4n) is 5.72. The number of hydrogen-bond acceptors (Lipinski definition) is 1. The Labute approximate surface area is 183 Å². The molecule has 0 saturated carbocycles. The van der Waals surface area contributed by atoms with Crippen molar-refractivity contribution in [2.75, 3.05) is 0 Å². The number of furan rings is 1. The zero-order valence-electron chi connectivity index (χ0n) is 16.4. The first-order valence-corrected chi connectivity index (χ1v) is 11.4. The van der Waals surface area contributed by atoms with E-state index in [-0.39, 0.29) is 0 Å². The van der Waals surface area contributed by atoms with E-state index in [1.54, 1.807) is 5.57 Å². The lowest BCUT2D eigenvalue weighted by molar-refractivity contribution is 0.524. The Morgan fingerprint density at radius 3 is 2.77 bits per heavy atom. The fraction of sp³-hybridized carbons (Fsp3) is 0.143. The van der Waals surface area contributed by atoms with Crippen LogP contribution in [0.4, 0.5) is 0 Å². The van der Waals surface area contributed by atoms with Crippen molar-refractivity contribution in [3.8, 4) is 0 Å². The maximum Gasteiger partial charge on any atom is 0.136 e. The molecule has 2 unspecified atom stereocenters. The lowest BCUT2D eigenvalue weighted by Crippen LogP contribution is -2.30. The van der Waals surface area contributed by atoms with Crippen LogP contribution in [-0.4, -0.2) is 0 Å². The number of halogens is 1. The number of hydrogen-bond donors (Lipinski definition) is 0. The van der Waals surface area contributed by atoms with E-state index in [9.17, 15) is 0 Å². The first kappa shape index (κ1) is 16.9. The molecule has 0 saturated heterocycles. The van der Waals surface area contributed by atoms with E-state index >= 15 is 0 Å². The van der Waals surface area contributed by atoms with Crippen LogP contribution < -0.4 is 0 Å². The van der Waals surface area contributed by atoms with Gasteiger partial charge in [-0.1, -0.05) is 76.2 Å². The third-order valence-corrected chi connectivity index (χ3v) is 7.71. The van der Waals surface area contributed by atoms with Crippen LogP contribution in [0.2, 0.25) is 0 Å². The summed E-state index contributed by atoms with van der Waals surface area (Å²) in [6.45, 7) is 0. The van der Waals surface area contributed by atoms with Crippen LogP contribution in [0, 0.1) is 11.8 Å². The van der Waals surface area contributed by atoms with Gasteiger partial charge in [-0.25, -0.2) is 0 Å². The molecule has 2 aromatic carbocycles. The Morgan fingerprint density at radius 1 is 0.867 bits per heavy atom. The van der Waals surface area contributed by atoms with Gasteiger partial charge in [0.1, 0.15) is 11.2 Å². The Bertz CT molecular complexity index is 1450. The smallest absolute Gasteiger partial charge is 0.136 e. The van der Waals surface area contributed by atoms with Crippen LogP contribution in [0.15, 0.2) is 110 Å². The van der Waals surface area contributed by atoms with E-state index in [0.29, 0.717) is 11.8 Å². The topological polar surface area (TPSA) is 13.1 Å². The maximum absolute atomic E-state index is 6.09. The highest BCUT2D eigenvalue weighted by molar-refractivity contribution is 9.10. The Morgan fingerprint density at radius 2 is 1.80 bits per heavy atom. The van der Waals surface area contributed by atoms with Gasteiger partial charge in [0.25, 0.3) is 0 Å². The first-order valence-electron chi connectivity index (χ1n) is 10.6. The Kier molecular flexibility index (Phi) is 3.43. The SMILES string of the molecule is Brc1cccc2oc3ccc(C4=C5C=CC6=CCCC7=CC=C(C=C4)C5C67)cc3c12. The molecule has 0 radical (unpaired) electrons. The number of allylic oxidation sites excluding steroid dienone is 12. The molecule has 0 N–H and O–H groups in total. The largest absolute Gasteiger partial charge is 0.456 e. The fourth-order valence-corrected chi connectivity index (χ4v) is 6.28. The van der Waals surface area contributed by atoms with Gasteiger partial charge in [0.05, 0.1) is 0 Å². The summed E-state index contributed by atoms with van der Waals surface area (Å²) in [6.07, 6.45) is 18.9. The van der Waals surface area contributed by atoms with Crippen molar-refractivity contribution in [3.05, 3.63) is 111 Å². The van der Waals surface area contributed by atoms with Crippen molar-refractivity contribution < 1.29 is 4.42 Å². The molecule has 2 atom stereocenters. The summed E-state index contributed by atoms with van der Waals surface area (Å²) in [4.78, 5) is 0. The molecule has 0 aliphatic heterocycles. The predicted molar refractivity (Wildman–Crippen MR) is 127 cm³/mol. The van der Waals surface area contributed by atoms with Crippen molar-refractivity contribution in [2.24, 2.45) is 11.8 Å². The third-order valence-electron chi connectivity index (χ3n) is 7.05. The minimum Gasteiger partial charge on any atom is -0.456 e. The summed E-state index contributed by atoms with van der Waals surface area (Å²) in [7, 11) is 0. The normalized spacial score (nSPS) is 24.1. The average Bonchev–Trinajstić information content (AvgIpc) is 3.16. The van der Waals surface area contributed by atoms with Crippen molar-refractivity contribution in [1.29, 1.82) is 0 Å². The molecule has 30 heavy (non-hydrogen) atoms. The second-order valence-electron chi connectivity index (χ2n) is 8.57. The third kappa shape index (κ3) is 2.23. The van der Waals surface area contributed by atoms with E-state index in [4.69, 9.17) is 4.42 Å². The van der Waals surface area contributed by atoms with Crippen LogP contribution in [0.25, 0.3) is 27.5 Å². The minimum absolute atomic E-state index is 0.449. The van der Waals surface area contributed by atoms with Gasteiger partial charge in [-0.3, -0.25) is 0 Å². The zero-order chi connectivity index (χ0) is 19.8. The molecular weight excluding hydrogens is 432 g/mol. The summed E-state index contributed by atoms with van der Waals surface area (Å²) >= 11 is 3.72. The summed E-state index contributed by atoms with van der Waals surface area (Å²) in [5.74, 6) is 0.969. The van der Waals surface area contributed by atoms with E-state index in [2.05, 4.69) is 82.7 Å². The highest BCUT2D eigenvalue weighted by Crippen LogP contribution is 2.52. The molecular formula is C28H19BrO. The van der Waals surface area contributed by atoms with Gasteiger partial charge in [-0.2, -0.15) is 0 Å². The predicted octanol–water partition coefficient (Wildman–Crippen LogP) is 8.06. The van der Waals surface area contributed by atoms with Crippen LogP contribution in [0.1, 0.15) is 18.4 Å². The summed E-state index contributed by atoms with van der Waals surface area (Å²) in [6, 6.07) is 12.8. The lowest BCUT2D eigenvalue weighted by Gasteiger charge is -2.42. The standard InChI is InChI=1S/C28H19BrO/c29-23-5-2-6-25-28(23)22-15-19(11-14-24(22)30-25)20-12-9-18-8-7-16-3-1-4-17-10-13-21(20)27(18)26(16)17/h2,4-15,26-27H,1,3H2. The highest BCUT2D eigenvalue weighted by atomic mass is 79.9. The number of benzene rings is 2. The number of rotatable bonds is 1. The van der Waals surface area contributed by atoms with Gasteiger partial charge in [0.15, 0.2) is 0 Å². The van der Waals surface area contributed by atoms with E-state index in [0.717, 1.165) is 21.0 Å². The molecule has 2 heteroatoms. The van der Waals surface area contributed by atoms with Crippen molar-refractivity contribution >= 4 is 43.4 Å². The molecule has 0 bridgehead atoms. The summed E-state index contributed by atoms with van der Waals surface area (Å²) in [5, 5.41) is 2.32. The van der Waals surface area contributed by atoms with Gasteiger partial charge < -0.3 is 4.42 Å². The monoisotopic (exact) mass is 450 g/mol. The zero-order valence-corrected chi connectivity index (χ0v) is 17.9. The Hall–Kier alpha value is -2.84. The van der Waals surface area contributed by atoms with E-state index in [1.807, 2.05) is 12.1 Å². The van der Waals surface area contributed by atoms with Gasteiger partial charge in [-0.15, -0.1) is 0 Å². The van der Waals surface area contributed by atoms with E-state index in [1.165, 1.54) is 46.1 Å². The van der Waals surface area contributed by atoms with Gasteiger partial charge >= 0.3 is 0 Å². The van der Waals surface area contributed by atoms with Gasteiger partial charge in [0, 0.05) is 27.1 Å². The van der Waals surface area contributed by atoms with Crippen LogP contribution >= 0.6 is 15.9 Å². The molecule has 1 heterocycles. The molecule has 3 aromatic rings. The molecule has 0 fully saturated rings. The first-order chi connectivity index (χ1) is 14.8. The Balaban J connectivity index is 1.47. The van der Waals surface area contributed by atoms with Crippen molar-refractivity contribution in [2.45, 2.75) is 12.8 Å². The van der Waals surface area contributed by atoms with Gasteiger partial charge in [0.2, 0.25) is 0 Å². The molecule has 0 spiro atoms. The quantitative estimate of drug-likeness (QED) is 0.365. The molecule has 7 rings (SSSR count). The summed E-state index contributed by atoms with van der Waals surface area (Å²) in [5.41, 5.74) is 10.4. The van der Waals surface area contributed by atoms with Crippen molar-refractivity contribution in [3.63, 3.8) is 0 Å². The molecule has 144 valence electrons. The average molecular weight is 451 g/mol. The second kappa shape index (κ2) is 6.09. The van der Waals surface area contributed by atoms with Crippen LogP contribution in [0.3, 0.4) is 0 Å². The molecule has 4 aliphatic rings. The van der Waals surface area contributed by atoms with Crippen LogP contribution in [0.5, 0.6) is 0 Å². The van der Waals surface area contributed by atoms with E-state index < -0.39 is 0 Å². The van der Waals surface area contributed by atoms with Gasteiger partial charge in [-0.05, 0) is 65.0 Å². The summed E-state index contributed by atoms with van der Waals surface area (Å²) < 4.78 is 7.17. The molecule has 1 aromatic heterocycles. The van der Waals surface area contributed by atoms with Crippen LogP contribution in [-0.2, 0) is 0 Å². The van der Waals surface area contributed by atoms with Crippen molar-refractivity contribution in [1.82, 2.24) is 0 Å². The lowest BCUT2D eigenvalue weighted by atomic mass is 9.62. The number of fused-ring (bicyclic) bond motifs is 3. The maximum atomic E-state index is 6.09. The highest BCUT2D eigenvalue weighted by Gasteiger charge is 2.39. The molecule has 1 nitrogen and oxygen atoms in total. The second-order valence-corrected chi connectivity index (χ2v) is 9.42. The molecule has 0 amide bonds.